The van der Waals surface area contributed by atoms with Crippen LogP contribution in [0.3, 0.4) is 0 Å². The molecule has 0 spiro atoms. The molecule has 0 atom stereocenters. The minimum atomic E-state index is 0.0994. The number of rotatable bonds is 3. The van der Waals surface area contributed by atoms with Crippen LogP contribution in [0.25, 0.3) is 0 Å². The molecule has 0 N–H and O–H groups in total. The fraction of sp³-hybridized carbons (Fsp3) is 0.316. The van der Waals surface area contributed by atoms with E-state index in [4.69, 9.17) is 4.74 Å². The molecule has 0 aliphatic carbocycles. The Morgan fingerprint density at radius 2 is 1.77 bits per heavy atom. The molecule has 0 aliphatic heterocycles. The highest BCUT2D eigenvalue weighted by Crippen LogP contribution is 2.33. The van der Waals surface area contributed by atoms with E-state index in [1.165, 1.54) is 5.56 Å². The molecule has 114 valence electrons. The Hall–Kier alpha value is -1.96. The summed E-state index contributed by atoms with van der Waals surface area (Å²) in [6.45, 7) is 10.6. The van der Waals surface area contributed by atoms with Crippen molar-refractivity contribution >= 4 is 23.1 Å². The molecule has 2 rings (SSSR count). The summed E-state index contributed by atoms with van der Waals surface area (Å²) >= 11 is 4.68. The van der Waals surface area contributed by atoms with Crippen LogP contribution in [0.15, 0.2) is 41.4 Å². The zero-order valence-corrected chi connectivity index (χ0v) is 14.5. The van der Waals surface area contributed by atoms with Crippen molar-refractivity contribution in [3.8, 4) is 11.5 Å². The maximum absolute atomic E-state index is 6.07. The molecule has 0 amide bonds. The molecule has 2 aromatic carbocycles. The second kappa shape index (κ2) is 6.43. The Balaban J connectivity index is 2.35. The molecule has 0 bridgehead atoms. The number of isothiocyanates is 1. The maximum atomic E-state index is 6.07. The van der Waals surface area contributed by atoms with Gasteiger partial charge in [0, 0.05) is 0 Å². The Bertz CT molecular complexity index is 738. The zero-order valence-electron chi connectivity index (χ0n) is 13.7. The van der Waals surface area contributed by atoms with E-state index in [2.05, 4.69) is 55.3 Å². The average molecular weight is 311 g/mol. The molecular weight excluding hydrogens is 290 g/mol. The second-order valence-electron chi connectivity index (χ2n) is 6.49. The standard InChI is InChI=1S/C19H21NOS/c1-13-10-18(14(2)9-17(13)20-12-22)21-16-8-6-7-15(11-16)19(3,4)5/h6-11H,1-5H3. The van der Waals surface area contributed by atoms with E-state index >= 15 is 0 Å². The lowest BCUT2D eigenvalue weighted by molar-refractivity contribution is 0.474. The van der Waals surface area contributed by atoms with Crippen LogP contribution in [0.2, 0.25) is 0 Å². The first-order valence-electron chi connectivity index (χ1n) is 7.29. The number of nitrogens with zero attached hydrogens (tertiary/aromatic N) is 1. The number of thiocarbonyl (C=S) groups is 1. The summed E-state index contributed by atoms with van der Waals surface area (Å²) in [5, 5.41) is 2.41. The summed E-state index contributed by atoms with van der Waals surface area (Å²) in [6.07, 6.45) is 0. The Labute approximate surface area is 137 Å². The summed E-state index contributed by atoms with van der Waals surface area (Å²) in [7, 11) is 0. The third kappa shape index (κ3) is 3.82. The molecule has 2 nitrogen and oxygen atoms in total. The van der Waals surface area contributed by atoms with Crippen molar-refractivity contribution < 1.29 is 4.74 Å². The summed E-state index contributed by atoms with van der Waals surface area (Å²) < 4.78 is 6.07. The van der Waals surface area contributed by atoms with Gasteiger partial charge in [0.25, 0.3) is 0 Å². The molecule has 0 unspecified atom stereocenters. The highest BCUT2D eigenvalue weighted by atomic mass is 32.1. The van der Waals surface area contributed by atoms with Crippen molar-refractivity contribution in [3.05, 3.63) is 53.1 Å². The van der Waals surface area contributed by atoms with Crippen LogP contribution in [-0.2, 0) is 5.41 Å². The molecule has 2 aromatic rings. The lowest BCUT2D eigenvalue weighted by atomic mass is 9.87. The summed E-state index contributed by atoms with van der Waals surface area (Å²) in [6, 6.07) is 12.2. The fourth-order valence-electron chi connectivity index (χ4n) is 2.21. The average Bonchev–Trinajstić information content (AvgIpc) is 2.44. The zero-order chi connectivity index (χ0) is 16.3. The summed E-state index contributed by atoms with van der Waals surface area (Å²) in [5.41, 5.74) is 4.23. The van der Waals surface area contributed by atoms with Crippen molar-refractivity contribution in [1.82, 2.24) is 0 Å². The smallest absolute Gasteiger partial charge is 0.130 e. The Morgan fingerprint density at radius 3 is 2.41 bits per heavy atom. The second-order valence-corrected chi connectivity index (χ2v) is 6.67. The molecule has 22 heavy (non-hydrogen) atoms. The quantitative estimate of drug-likeness (QED) is 0.502. The Kier molecular flexibility index (Phi) is 4.80. The third-order valence-electron chi connectivity index (χ3n) is 3.59. The van der Waals surface area contributed by atoms with Gasteiger partial charge in [0.2, 0.25) is 0 Å². The number of aliphatic imine (C=N–C) groups is 1. The SMILES string of the molecule is Cc1cc(Oc2cccc(C(C)(C)C)c2)c(C)cc1N=C=S. The highest BCUT2D eigenvalue weighted by Gasteiger charge is 2.14. The summed E-state index contributed by atoms with van der Waals surface area (Å²) in [4.78, 5) is 4.07. The van der Waals surface area contributed by atoms with Crippen LogP contribution in [0.1, 0.15) is 37.5 Å². The fourth-order valence-corrected chi connectivity index (χ4v) is 2.31. The van der Waals surface area contributed by atoms with E-state index < -0.39 is 0 Å². The molecule has 3 heteroatoms. The van der Waals surface area contributed by atoms with Gasteiger partial charge in [-0.25, -0.2) is 0 Å². The van der Waals surface area contributed by atoms with Gasteiger partial charge < -0.3 is 4.74 Å². The lowest BCUT2D eigenvalue weighted by Gasteiger charge is -2.20. The van der Waals surface area contributed by atoms with E-state index in [1.54, 1.807) is 0 Å². The molecule has 0 aromatic heterocycles. The van der Waals surface area contributed by atoms with Crippen LogP contribution in [0.5, 0.6) is 11.5 Å². The van der Waals surface area contributed by atoms with Gasteiger partial charge in [-0.2, -0.15) is 4.99 Å². The van der Waals surface area contributed by atoms with Gasteiger partial charge in [-0.05, 0) is 72.4 Å². The molecule has 0 heterocycles. The lowest BCUT2D eigenvalue weighted by Crippen LogP contribution is -2.10. The van der Waals surface area contributed by atoms with E-state index in [-0.39, 0.29) is 5.41 Å². The first-order chi connectivity index (χ1) is 10.3. The highest BCUT2D eigenvalue weighted by molar-refractivity contribution is 7.78. The van der Waals surface area contributed by atoms with Crippen LogP contribution in [0.4, 0.5) is 5.69 Å². The van der Waals surface area contributed by atoms with E-state index in [0.717, 1.165) is 28.3 Å². The predicted molar refractivity (Wildman–Crippen MR) is 95.8 cm³/mol. The number of hydrogen-bond acceptors (Lipinski definition) is 3. The monoisotopic (exact) mass is 311 g/mol. The number of hydrogen-bond donors (Lipinski definition) is 0. The number of benzene rings is 2. The molecule has 0 aliphatic rings. The Morgan fingerprint density at radius 1 is 1.05 bits per heavy atom. The van der Waals surface area contributed by atoms with Gasteiger partial charge in [-0.15, -0.1) is 0 Å². The van der Waals surface area contributed by atoms with Crippen LogP contribution < -0.4 is 4.74 Å². The predicted octanol–water partition coefficient (Wildman–Crippen LogP) is 6.13. The van der Waals surface area contributed by atoms with Crippen molar-refractivity contribution in [1.29, 1.82) is 0 Å². The van der Waals surface area contributed by atoms with Gasteiger partial charge >= 0.3 is 0 Å². The number of ether oxygens (including phenoxy) is 1. The van der Waals surface area contributed by atoms with Gasteiger partial charge in [0.15, 0.2) is 0 Å². The molecule has 0 fully saturated rings. The minimum Gasteiger partial charge on any atom is -0.457 e. The molecule has 0 radical (unpaired) electrons. The minimum absolute atomic E-state index is 0.0994. The van der Waals surface area contributed by atoms with E-state index in [9.17, 15) is 0 Å². The van der Waals surface area contributed by atoms with Crippen LogP contribution >= 0.6 is 12.2 Å². The van der Waals surface area contributed by atoms with Gasteiger partial charge in [0.1, 0.15) is 11.5 Å². The molecule has 0 saturated heterocycles. The van der Waals surface area contributed by atoms with Crippen molar-refractivity contribution in [2.24, 2.45) is 4.99 Å². The molecule has 0 saturated carbocycles. The largest absolute Gasteiger partial charge is 0.457 e. The van der Waals surface area contributed by atoms with Gasteiger partial charge in [0.05, 0.1) is 10.8 Å². The normalized spacial score (nSPS) is 11.0. The van der Waals surface area contributed by atoms with Crippen LogP contribution in [-0.4, -0.2) is 5.16 Å². The first kappa shape index (κ1) is 16.4. The third-order valence-corrected chi connectivity index (χ3v) is 3.68. The van der Waals surface area contributed by atoms with Gasteiger partial charge in [-0.1, -0.05) is 32.9 Å². The topological polar surface area (TPSA) is 21.6 Å². The van der Waals surface area contributed by atoms with Crippen molar-refractivity contribution in [2.45, 2.75) is 40.0 Å². The van der Waals surface area contributed by atoms with E-state index in [1.807, 2.05) is 38.1 Å². The van der Waals surface area contributed by atoms with Crippen molar-refractivity contribution in [2.75, 3.05) is 0 Å². The van der Waals surface area contributed by atoms with E-state index in [0.29, 0.717) is 0 Å². The van der Waals surface area contributed by atoms with Crippen LogP contribution in [0, 0.1) is 13.8 Å². The molecular formula is C19H21NOS. The van der Waals surface area contributed by atoms with Gasteiger partial charge in [-0.3, -0.25) is 0 Å². The first-order valence-corrected chi connectivity index (χ1v) is 7.69. The van der Waals surface area contributed by atoms with Crippen molar-refractivity contribution in [3.63, 3.8) is 0 Å². The maximum Gasteiger partial charge on any atom is 0.130 e. The number of aryl methyl sites for hydroxylation is 2. The summed E-state index contributed by atoms with van der Waals surface area (Å²) in [5.74, 6) is 1.69.